The molecule has 86 valence electrons. The molecule has 1 saturated carbocycles. The summed E-state index contributed by atoms with van der Waals surface area (Å²) in [6, 6.07) is 9.08. The number of benzene rings is 1. The van der Waals surface area contributed by atoms with E-state index in [0.29, 0.717) is 5.41 Å². The molecule has 0 spiro atoms. The van der Waals surface area contributed by atoms with Crippen LogP contribution in [0.4, 0.5) is 0 Å². The standard InChI is InChI=1S/C16H22/c1-4-14(3)16(11-5-6-12-16)15-9-7-13(2)8-10-15/h7-10H,3-6,11-12H2,1-2H3. The number of rotatable bonds is 3. The van der Waals surface area contributed by atoms with E-state index in [2.05, 4.69) is 44.7 Å². The van der Waals surface area contributed by atoms with Crippen LogP contribution < -0.4 is 0 Å². The first-order valence-electron chi connectivity index (χ1n) is 6.44. The zero-order chi connectivity index (χ0) is 11.6. The predicted molar refractivity (Wildman–Crippen MR) is 70.8 cm³/mol. The smallest absolute Gasteiger partial charge is 0.0159 e. The predicted octanol–water partition coefficient (Wildman–Crippen LogP) is 4.77. The van der Waals surface area contributed by atoms with Crippen LogP contribution in [0.5, 0.6) is 0 Å². The van der Waals surface area contributed by atoms with Crippen molar-refractivity contribution in [2.75, 3.05) is 0 Å². The normalized spacial score (nSPS) is 18.6. The summed E-state index contributed by atoms with van der Waals surface area (Å²) in [5, 5.41) is 0. The molecule has 0 amide bonds. The fourth-order valence-electron chi connectivity index (χ4n) is 3.04. The molecule has 0 heterocycles. The summed E-state index contributed by atoms with van der Waals surface area (Å²) in [5.41, 5.74) is 4.55. The molecule has 0 radical (unpaired) electrons. The molecule has 0 nitrogen and oxygen atoms in total. The molecule has 0 N–H and O–H groups in total. The van der Waals surface area contributed by atoms with Gasteiger partial charge in [0.15, 0.2) is 0 Å². The average Bonchev–Trinajstić information content (AvgIpc) is 2.79. The van der Waals surface area contributed by atoms with Gasteiger partial charge >= 0.3 is 0 Å². The molecule has 0 aliphatic heterocycles. The van der Waals surface area contributed by atoms with E-state index in [-0.39, 0.29) is 0 Å². The van der Waals surface area contributed by atoms with Gasteiger partial charge in [-0.05, 0) is 31.7 Å². The van der Waals surface area contributed by atoms with E-state index < -0.39 is 0 Å². The Morgan fingerprint density at radius 3 is 2.25 bits per heavy atom. The topological polar surface area (TPSA) is 0 Å². The Kier molecular flexibility index (Phi) is 3.18. The molecule has 0 bridgehead atoms. The SMILES string of the molecule is C=C(CC)C1(c2ccc(C)cc2)CCCC1. The first-order valence-corrected chi connectivity index (χ1v) is 6.44. The third kappa shape index (κ3) is 1.81. The summed E-state index contributed by atoms with van der Waals surface area (Å²) < 4.78 is 0. The van der Waals surface area contributed by atoms with Crippen molar-refractivity contribution in [1.82, 2.24) is 0 Å². The Labute approximate surface area is 99.4 Å². The van der Waals surface area contributed by atoms with Gasteiger partial charge in [-0.3, -0.25) is 0 Å². The highest BCUT2D eigenvalue weighted by Gasteiger charge is 2.36. The highest BCUT2D eigenvalue weighted by atomic mass is 14.4. The number of hydrogen-bond acceptors (Lipinski definition) is 0. The van der Waals surface area contributed by atoms with Crippen LogP contribution >= 0.6 is 0 Å². The lowest BCUT2D eigenvalue weighted by atomic mass is 9.72. The lowest BCUT2D eigenvalue weighted by Gasteiger charge is -2.32. The molecule has 1 aromatic carbocycles. The molecule has 0 atom stereocenters. The molecular weight excluding hydrogens is 192 g/mol. The van der Waals surface area contributed by atoms with Crippen molar-refractivity contribution >= 4 is 0 Å². The zero-order valence-electron chi connectivity index (χ0n) is 10.6. The van der Waals surface area contributed by atoms with Crippen LogP contribution in [0, 0.1) is 6.92 Å². The lowest BCUT2D eigenvalue weighted by Crippen LogP contribution is -2.24. The van der Waals surface area contributed by atoms with E-state index in [1.54, 1.807) is 0 Å². The Morgan fingerprint density at radius 1 is 1.19 bits per heavy atom. The van der Waals surface area contributed by atoms with E-state index in [9.17, 15) is 0 Å². The third-order valence-corrected chi connectivity index (χ3v) is 4.16. The highest BCUT2D eigenvalue weighted by molar-refractivity contribution is 5.37. The molecule has 0 heteroatoms. The quantitative estimate of drug-likeness (QED) is 0.636. The van der Waals surface area contributed by atoms with Crippen molar-refractivity contribution in [3.05, 3.63) is 47.5 Å². The molecule has 2 rings (SSSR count). The molecule has 1 aliphatic rings. The molecule has 1 aromatic rings. The Hall–Kier alpha value is -1.04. The third-order valence-electron chi connectivity index (χ3n) is 4.16. The number of aryl methyl sites for hydroxylation is 1. The molecule has 0 unspecified atom stereocenters. The van der Waals surface area contributed by atoms with Gasteiger partial charge in [0.25, 0.3) is 0 Å². The minimum atomic E-state index is 0.294. The maximum atomic E-state index is 4.33. The van der Waals surface area contributed by atoms with Gasteiger partial charge in [0.2, 0.25) is 0 Å². The van der Waals surface area contributed by atoms with Gasteiger partial charge in [-0.2, -0.15) is 0 Å². The monoisotopic (exact) mass is 214 g/mol. The fourth-order valence-corrected chi connectivity index (χ4v) is 3.04. The van der Waals surface area contributed by atoms with Gasteiger partial charge < -0.3 is 0 Å². The zero-order valence-corrected chi connectivity index (χ0v) is 10.6. The van der Waals surface area contributed by atoms with Crippen molar-refractivity contribution in [3.63, 3.8) is 0 Å². The van der Waals surface area contributed by atoms with Crippen LogP contribution in [0.3, 0.4) is 0 Å². The molecular formula is C16H22. The Balaban J connectivity index is 2.39. The van der Waals surface area contributed by atoms with Crippen LogP contribution in [0.2, 0.25) is 0 Å². The van der Waals surface area contributed by atoms with Crippen LogP contribution in [-0.2, 0) is 5.41 Å². The van der Waals surface area contributed by atoms with Gasteiger partial charge in [-0.1, -0.05) is 61.7 Å². The molecule has 0 saturated heterocycles. The summed E-state index contributed by atoms with van der Waals surface area (Å²) >= 11 is 0. The van der Waals surface area contributed by atoms with Crippen LogP contribution in [-0.4, -0.2) is 0 Å². The van der Waals surface area contributed by atoms with Crippen molar-refractivity contribution in [1.29, 1.82) is 0 Å². The summed E-state index contributed by atoms with van der Waals surface area (Å²) in [6.07, 6.45) is 6.40. The fraction of sp³-hybridized carbons (Fsp3) is 0.500. The van der Waals surface area contributed by atoms with Crippen molar-refractivity contribution < 1.29 is 0 Å². The highest BCUT2D eigenvalue weighted by Crippen LogP contribution is 2.46. The second kappa shape index (κ2) is 4.45. The minimum absolute atomic E-state index is 0.294. The molecule has 16 heavy (non-hydrogen) atoms. The first-order chi connectivity index (χ1) is 7.69. The lowest BCUT2D eigenvalue weighted by molar-refractivity contribution is 0.509. The summed E-state index contributed by atoms with van der Waals surface area (Å²) in [6.45, 7) is 8.71. The Bertz CT molecular complexity index is 364. The van der Waals surface area contributed by atoms with Crippen molar-refractivity contribution in [2.45, 2.75) is 51.4 Å². The number of allylic oxidation sites excluding steroid dienone is 1. The first kappa shape index (κ1) is 11.4. The minimum Gasteiger partial charge on any atom is -0.0990 e. The van der Waals surface area contributed by atoms with Gasteiger partial charge in [0.05, 0.1) is 0 Å². The van der Waals surface area contributed by atoms with Crippen LogP contribution in [0.15, 0.2) is 36.4 Å². The van der Waals surface area contributed by atoms with Crippen molar-refractivity contribution in [2.24, 2.45) is 0 Å². The molecule has 1 fully saturated rings. The Morgan fingerprint density at radius 2 is 1.75 bits per heavy atom. The van der Waals surface area contributed by atoms with Gasteiger partial charge in [0, 0.05) is 5.41 Å². The summed E-state index contributed by atoms with van der Waals surface area (Å²) in [7, 11) is 0. The summed E-state index contributed by atoms with van der Waals surface area (Å²) in [4.78, 5) is 0. The van der Waals surface area contributed by atoms with Gasteiger partial charge in [-0.15, -0.1) is 0 Å². The van der Waals surface area contributed by atoms with Gasteiger partial charge in [0.1, 0.15) is 0 Å². The van der Waals surface area contributed by atoms with E-state index in [0.717, 1.165) is 6.42 Å². The van der Waals surface area contributed by atoms with Crippen LogP contribution in [0.1, 0.15) is 50.2 Å². The van der Waals surface area contributed by atoms with Crippen molar-refractivity contribution in [3.8, 4) is 0 Å². The number of hydrogen-bond donors (Lipinski definition) is 0. The second-order valence-corrected chi connectivity index (χ2v) is 5.11. The van der Waals surface area contributed by atoms with E-state index in [1.807, 2.05) is 0 Å². The molecule has 0 aromatic heterocycles. The maximum Gasteiger partial charge on any atom is 0.0159 e. The second-order valence-electron chi connectivity index (χ2n) is 5.11. The van der Waals surface area contributed by atoms with E-state index >= 15 is 0 Å². The largest absolute Gasteiger partial charge is 0.0990 e. The average molecular weight is 214 g/mol. The van der Waals surface area contributed by atoms with E-state index in [1.165, 1.54) is 42.4 Å². The van der Waals surface area contributed by atoms with Gasteiger partial charge in [-0.25, -0.2) is 0 Å². The van der Waals surface area contributed by atoms with E-state index in [4.69, 9.17) is 0 Å². The maximum absolute atomic E-state index is 4.33. The van der Waals surface area contributed by atoms with Crippen LogP contribution in [0.25, 0.3) is 0 Å². The summed E-state index contributed by atoms with van der Waals surface area (Å²) in [5.74, 6) is 0. The molecule has 1 aliphatic carbocycles.